The number of methoxy groups -OCH3 is 1. The summed E-state index contributed by atoms with van der Waals surface area (Å²) in [7, 11) is 1.69. The fourth-order valence-corrected chi connectivity index (χ4v) is 2.76. The van der Waals surface area contributed by atoms with Crippen LogP contribution < -0.4 is 11.1 Å². The quantitative estimate of drug-likeness (QED) is 0.754. The topological polar surface area (TPSA) is 64.3 Å². The minimum atomic E-state index is -0.476. The van der Waals surface area contributed by atoms with Gasteiger partial charge in [-0.2, -0.15) is 0 Å². The Morgan fingerprint density at radius 3 is 2.57 bits per heavy atom. The number of nitrogens with two attached hydrogens (primary N) is 1. The number of benzene rings is 1. The van der Waals surface area contributed by atoms with E-state index in [9.17, 15) is 4.79 Å². The summed E-state index contributed by atoms with van der Waals surface area (Å²) >= 11 is 5.06. The predicted octanol–water partition coefficient (Wildman–Crippen LogP) is 1.82. The predicted molar refractivity (Wildman–Crippen MR) is 87.0 cm³/mol. The van der Waals surface area contributed by atoms with E-state index in [-0.39, 0.29) is 16.5 Å². The molecule has 3 N–H and O–H groups in total. The lowest BCUT2D eigenvalue weighted by atomic mass is 9.80. The van der Waals surface area contributed by atoms with Crippen molar-refractivity contribution in [2.24, 2.45) is 11.7 Å². The SMILES string of the molecule is COC1(CNC(=O)C(Cc2ccccc2)C(N)=S)CCC1. The smallest absolute Gasteiger partial charge is 0.230 e. The molecule has 1 aliphatic carbocycles. The first-order valence-electron chi connectivity index (χ1n) is 7.22. The molecule has 1 unspecified atom stereocenters. The number of ether oxygens (including phenoxy) is 1. The largest absolute Gasteiger partial charge is 0.393 e. The Hall–Kier alpha value is -1.46. The van der Waals surface area contributed by atoms with Crippen LogP contribution in [0, 0.1) is 5.92 Å². The van der Waals surface area contributed by atoms with Crippen molar-refractivity contribution >= 4 is 23.1 Å². The Bertz CT molecular complexity index is 495. The van der Waals surface area contributed by atoms with E-state index in [1.54, 1.807) is 7.11 Å². The molecule has 1 fully saturated rings. The number of thiocarbonyl (C=S) groups is 1. The Balaban J connectivity index is 1.94. The van der Waals surface area contributed by atoms with Crippen molar-refractivity contribution in [2.45, 2.75) is 31.3 Å². The third kappa shape index (κ3) is 4.02. The van der Waals surface area contributed by atoms with Gasteiger partial charge < -0.3 is 15.8 Å². The summed E-state index contributed by atoms with van der Waals surface area (Å²) in [6, 6.07) is 9.77. The summed E-state index contributed by atoms with van der Waals surface area (Å²) in [5.74, 6) is -0.592. The molecule has 0 heterocycles. The minimum absolute atomic E-state index is 0.116. The van der Waals surface area contributed by atoms with Gasteiger partial charge in [0.25, 0.3) is 0 Å². The van der Waals surface area contributed by atoms with Gasteiger partial charge in [0.2, 0.25) is 5.91 Å². The van der Waals surface area contributed by atoms with Crippen LogP contribution in [0.25, 0.3) is 0 Å². The normalized spacial score (nSPS) is 17.6. The van der Waals surface area contributed by atoms with Gasteiger partial charge in [0.1, 0.15) is 0 Å². The second-order valence-corrected chi connectivity index (χ2v) is 6.07. The molecule has 0 aromatic heterocycles. The molecule has 0 radical (unpaired) electrons. The molecule has 1 aliphatic rings. The minimum Gasteiger partial charge on any atom is -0.393 e. The molecule has 1 aromatic carbocycles. The van der Waals surface area contributed by atoms with Crippen LogP contribution in [-0.4, -0.2) is 30.2 Å². The van der Waals surface area contributed by atoms with E-state index in [0.29, 0.717) is 13.0 Å². The fourth-order valence-electron chi connectivity index (χ4n) is 2.57. The highest BCUT2D eigenvalue weighted by Gasteiger charge is 2.37. The van der Waals surface area contributed by atoms with Crippen molar-refractivity contribution in [2.75, 3.05) is 13.7 Å². The maximum atomic E-state index is 12.4. The first kappa shape index (κ1) is 15.9. The number of hydrogen-bond acceptors (Lipinski definition) is 3. The lowest BCUT2D eigenvalue weighted by molar-refractivity contribution is -0.126. The van der Waals surface area contributed by atoms with E-state index < -0.39 is 5.92 Å². The van der Waals surface area contributed by atoms with Gasteiger partial charge in [0.15, 0.2) is 0 Å². The summed E-state index contributed by atoms with van der Waals surface area (Å²) < 4.78 is 5.50. The van der Waals surface area contributed by atoms with E-state index in [1.165, 1.54) is 0 Å². The van der Waals surface area contributed by atoms with Crippen LogP contribution in [0.1, 0.15) is 24.8 Å². The zero-order chi connectivity index (χ0) is 15.3. The second kappa shape index (κ2) is 7.00. The van der Waals surface area contributed by atoms with E-state index in [1.807, 2.05) is 30.3 Å². The van der Waals surface area contributed by atoms with Crippen LogP contribution in [0.5, 0.6) is 0 Å². The summed E-state index contributed by atoms with van der Waals surface area (Å²) in [6.07, 6.45) is 3.65. The number of hydrogen-bond donors (Lipinski definition) is 2. The molecule has 0 bridgehead atoms. The number of carbonyl (C=O) groups excluding carboxylic acids is 1. The molecule has 1 amide bonds. The Kier molecular flexibility index (Phi) is 5.31. The van der Waals surface area contributed by atoms with Gasteiger partial charge in [0.05, 0.1) is 16.5 Å². The molecular formula is C16H22N2O2S. The molecular weight excluding hydrogens is 284 g/mol. The first-order valence-corrected chi connectivity index (χ1v) is 7.63. The van der Waals surface area contributed by atoms with Crippen LogP contribution >= 0.6 is 12.2 Å². The Morgan fingerprint density at radius 1 is 1.43 bits per heavy atom. The lowest BCUT2D eigenvalue weighted by Crippen LogP contribution is -2.51. The molecule has 21 heavy (non-hydrogen) atoms. The first-order chi connectivity index (χ1) is 10.1. The summed E-state index contributed by atoms with van der Waals surface area (Å²) in [6.45, 7) is 0.524. The molecule has 5 heteroatoms. The van der Waals surface area contributed by atoms with Gasteiger partial charge in [-0.25, -0.2) is 0 Å². The van der Waals surface area contributed by atoms with Gasteiger partial charge in [-0.15, -0.1) is 0 Å². The Labute approximate surface area is 131 Å². The van der Waals surface area contributed by atoms with Crippen LogP contribution in [0.15, 0.2) is 30.3 Å². The monoisotopic (exact) mass is 306 g/mol. The highest BCUT2D eigenvalue weighted by atomic mass is 32.1. The molecule has 0 saturated heterocycles. The van der Waals surface area contributed by atoms with Gasteiger partial charge in [-0.1, -0.05) is 42.5 Å². The average Bonchev–Trinajstić information content (AvgIpc) is 2.44. The van der Waals surface area contributed by atoms with Gasteiger partial charge in [-0.3, -0.25) is 4.79 Å². The summed E-state index contributed by atoms with van der Waals surface area (Å²) in [5, 5.41) is 2.95. The van der Waals surface area contributed by atoms with Crippen molar-refractivity contribution in [3.8, 4) is 0 Å². The summed E-state index contributed by atoms with van der Waals surface area (Å²) in [5.41, 5.74) is 6.60. The van der Waals surface area contributed by atoms with Gasteiger partial charge in [-0.05, 0) is 31.2 Å². The van der Waals surface area contributed by atoms with Crippen molar-refractivity contribution in [3.63, 3.8) is 0 Å². The molecule has 1 aromatic rings. The van der Waals surface area contributed by atoms with E-state index in [2.05, 4.69) is 5.32 Å². The number of nitrogens with one attached hydrogen (secondary N) is 1. The summed E-state index contributed by atoms with van der Waals surface area (Å²) in [4.78, 5) is 12.6. The molecule has 0 spiro atoms. The molecule has 1 saturated carbocycles. The number of rotatable bonds is 7. The van der Waals surface area contributed by atoms with Crippen molar-refractivity contribution in [3.05, 3.63) is 35.9 Å². The average molecular weight is 306 g/mol. The zero-order valence-electron chi connectivity index (χ0n) is 12.3. The van der Waals surface area contributed by atoms with Gasteiger partial charge in [0, 0.05) is 13.7 Å². The third-order valence-electron chi connectivity index (χ3n) is 4.23. The maximum absolute atomic E-state index is 12.4. The lowest BCUT2D eigenvalue weighted by Gasteiger charge is -2.40. The standard InChI is InChI=1S/C16H22N2O2S/c1-20-16(8-5-9-16)11-18-15(19)13(14(17)21)10-12-6-3-2-4-7-12/h2-4,6-7,13H,5,8-11H2,1H3,(H2,17,21)(H,18,19). The highest BCUT2D eigenvalue weighted by molar-refractivity contribution is 7.80. The fraction of sp³-hybridized carbons (Fsp3) is 0.500. The number of carbonyl (C=O) groups is 1. The van der Waals surface area contributed by atoms with Crippen molar-refractivity contribution in [1.82, 2.24) is 5.32 Å². The molecule has 114 valence electrons. The second-order valence-electron chi connectivity index (χ2n) is 5.60. The van der Waals surface area contributed by atoms with Crippen LogP contribution in [0.4, 0.5) is 0 Å². The van der Waals surface area contributed by atoms with Gasteiger partial charge >= 0.3 is 0 Å². The van der Waals surface area contributed by atoms with E-state index in [0.717, 1.165) is 24.8 Å². The molecule has 1 atom stereocenters. The van der Waals surface area contributed by atoms with E-state index >= 15 is 0 Å². The highest BCUT2D eigenvalue weighted by Crippen LogP contribution is 2.34. The van der Waals surface area contributed by atoms with E-state index in [4.69, 9.17) is 22.7 Å². The third-order valence-corrected chi connectivity index (χ3v) is 4.51. The van der Waals surface area contributed by atoms with Crippen molar-refractivity contribution < 1.29 is 9.53 Å². The van der Waals surface area contributed by atoms with Crippen molar-refractivity contribution in [1.29, 1.82) is 0 Å². The molecule has 4 nitrogen and oxygen atoms in total. The van der Waals surface area contributed by atoms with Crippen LogP contribution in [-0.2, 0) is 16.0 Å². The maximum Gasteiger partial charge on any atom is 0.230 e. The molecule has 0 aliphatic heterocycles. The Morgan fingerprint density at radius 2 is 2.10 bits per heavy atom. The number of amides is 1. The molecule has 2 rings (SSSR count). The van der Waals surface area contributed by atoms with Crippen LogP contribution in [0.2, 0.25) is 0 Å². The van der Waals surface area contributed by atoms with Crippen LogP contribution in [0.3, 0.4) is 0 Å². The zero-order valence-corrected chi connectivity index (χ0v) is 13.1.